The summed E-state index contributed by atoms with van der Waals surface area (Å²) in [5.41, 5.74) is 1.87. The van der Waals surface area contributed by atoms with Crippen LogP contribution in [0.1, 0.15) is 77.3 Å². The molecule has 9 rings (SSSR count). The standard InChI is InChI=1S/C50H63ClN8O7S/c1-49(2)46(50(3,4)47(49)66-36-11-9-31(26-52)41(51)25-36)56-44(60)32-27-54-48(55-28-32)59-20-16-30(17-21-59)18-22-64-34-7-6-8-35(24-34)65-42-14-10-33(57-67(62,63)37-12-13-37)23-39(42)40-29-58(5)45(61)43-38(40)15-19-53-43/h6-11,14,23-25,29-30,32,37-38,43,46-48,53-55,57H,12-13,15-22,27-28H2,1-5H3,(H,56,60). The average Bonchev–Trinajstić information content (AvgIpc) is 4.07. The third-order valence-corrected chi connectivity index (χ3v) is 17.0. The summed E-state index contributed by atoms with van der Waals surface area (Å²) in [6.45, 7) is 12.8. The molecule has 2 aliphatic carbocycles. The summed E-state index contributed by atoms with van der Waals surface area (Å²) < 4.78 is 47.8. The van der Waals surface area contributed by atoms with Crippen LogP contribution in [-0.4, -0.2) is 106 Å². The number of carbonyl (C=O) groups is 2. The second-order valence-electron chi connectivity index (χ2n) is 20.4. The number of piperidine rings is 1. The minimum absolute atomic E-state index is 0.00965. The van der Waals surface area contributed by atoms with E-state index in [1.54, 1.807) is 42.3 Å². The first kappa shape index (κ1) is 47.2. The van der Waals surface area contributed by atoms with Gasteiger partial charge in [-0.3, -0.25) is 29.8 Å². The Balaban J connectivity index is 0.737. The molecule has 0 bridgehead atoms. The maximum Gasteiger partial charge on any atom is 0.244 e. The first-order valence-corrected chi connectivity index (χ1v) is 25.6. The van der Waals surface area contributed by atoms with E-state index in [1.165, 1.54) is 0 Å². The molecular weight excluding hydrogens is 892 g/mol. The molecular formula is C50H63ClN8O7S. The first-order valence-electron chi connectivity index (χ1n) is 23.7. The summed E-state index contributed by atoms with van der Waals surface area (Å²) in [6.07, 6.45) is 6.81. The lowest BCUT2D eigenvalue weighted by molar-refractivity contribution is -0.174. The second-order valence-corrected chi connectivity index (χ2v) is 22.7. The Morgan fingerprint density at radius 3 is 2.36 bits per heavy atom. The van der Waals surface area contributed by atoms with Gasteiger partial charge in [-0.2, -0.15) is 5.26 Å². The lowest BCUT2D eigenvalue weighted by Gasteiger charge is -2.63. The summed E-state index contributed by atoms with van der Waals surface area (Å²) in [7, 11) is -1.74. The number of halogens is 1. The van der Waals surface area contributed by atoms with Crippen LogP contribution in [0.5, 0.6) is 23.0 Å². The summed E-state index contributed by atoms with van der Waals surface area (Å²) in [6, 6.07) is 19.7. The van der Waals surface area contributed by atoms with Crippen LogP contribution in [0, 0.1) is 39.9 Å². The van der Waals surface area contributed by atoms with Crippen molar-refractivity contribution in [2.24, 2.45) is 28.6 Å². The van der Waals surface area contributed by atoms with E-state index in [2.05, 4.69) is 64.7 Å². The van der Waals surface area contributed by atoms with Crippen molar-refractivity contribution in [3.63, 3.8) is 0 Å². The van der Waals surface area contributed by atoms with Gasteiger partial charge in [0.15, 0.2) is 0 Å². The summed E-state index contributed by atoms with van der Waals surface area (Å²) in [4.78, 5) is 30.7. The second kappa shape index (κ2) is 18.9. The molecule has 3 saturated heterocycles. The molecule has 15 nitrogen and oxygen atoms in total. The quantitative estimate of drug-likeness (QED) is 0.115. The zero-order valence-corrected chi connectivity index (χ0v) is 40.5. The minimum atomic E-state index is -3.48. The van der Waals surface area contributed by atoms with Crippen LogP contribution in [0.3, 0.4) is 0 Å². The van der Waals surface area contributed by atoms with E-state index in [0.29, 0.717) is 84.3 Å². The highest BCUT2D eigenvalue weighted by atomic mass is 35.5. The lowest BCUT2D eigenvalue weighted by atomic mass is 9.49. The van der Waals surface area contributed by atoms with E-state index >= 15 is 0 Å². The predicted octanol–water partition coefficient (Wildman–Crippen LogP) is 6.27. The maximum atomic E-state index is 13.6. The van der Waals surface area contributed by atoms with Gasteiger partial charge in [0.1, 0.15) is 41.5 Å². The SMILES string of the molecule is CN1C=C(c2cc(NS(=O)(=O)C3CC3)ccc2Oc2cccc(OCCC3CCN(C4NCC(C(=O)NC5C(C)(C)C(Oc6ccc(C#N)c(Cl)c6)C5(C)C)CN4)CC3)c2)C2CCNC2C1=O. The molecule has 0 radical (unpaired) electrons. The largest absolute Gasteiger partial charge is 0.493 e. The Morgan fingerprint density at radius 1 is 0.925 bits per heavy atom. The highest BCUT2D eigenvalue weighted by molar-refractivity contribution is 7.93. The smallest absolute Gasteiger partial charge is 0.244 e. The molecule has 4 aliphatic heterocycles. The van der Waals surface area contributed by atoms with Gasteiger partial charge in [0.2, 0.25) is 21.8 Å². The van der Waals surface area contributed by atoms with Crippen LogP contribution >= 0.6 is 11.6 Å². The van der Waals surface area contributed by atoms with Crippen molar-refractivity contribution in [3.05, 3.63) is 83.0 Å². The number of nitriles is 1. The molecule has 2 saturated carbocycles. The van der Waals surface area contributed by atoms with Gasteiger partial charge in [-0.05, 0) is 99.0 Å². The number of rotatable bonds is 15. The Labute approximate surface area is 399 Å². The molecule has 5 N–H and O–H groups in total. The van der Waals surface area contributed by atoms with E-state index < -0.39 is 10.0 Å². The van der Waals surface area contributed by atoms with Crippen LogP contribution in [0.4, 0.5) is 5.69 Å². The fourth-order valence-corrected chi connectivity index (χ4v) is 12.8. The topological polar surface area (TPSA) is 186 Å². The number of hydrogen-bond acceptors (Lipinski definition) is 12. The Hall–Kier alpha value is -4.89. The molecule has 17 heteroatoms. The van der Waals surface area contributed by atoms with E-state index in [-0.39, 0.29) is 64.2 Å². The van der Waals surface area contributed by atoms with Gasteiger partial charge in [0, 0.05) is 85.6 Å². The number of benzene rings is 3. The Kier molecular flexibility index (Phi) is 13.3. The van der Waals surface area contributed by atoms with E-state index in [4.69, 9.17) is 25.8 Å². The van der Waals surface area contributed by atoms with Crippen LogP contribution in [0.25, 0.3) is 5.57 Å². The summed E-state index contributed by atoms with van der Waals surface area (Å²) in [5, 5.41) is 23.1. The Bertz CT molecular complexity index is 2530. The number of nitrogens with zero attached hydrogens (tertiary/aromatic N) is 3. The highest BCUT2D eigenvalue weighted by Crippen LogP contribution is 2.56. The molecule has 4 heterocycles. The summed E-state index contributed by atoms with van der Waals surface area (Å²) >= 11 is 6.27. The number of ether oxygens (including phenoxy) is 3. The minimum Gasteiger partial charge on any atom is -0.493 e. The number of hydrogen-bond donors (Lipinski definition) is 5. The van der Waals surface area contributed by atoms with Crippen LogP contribution < -0.4 is 40.2 Å². The van der Waals surface area contributed by atoms with Gasteiger partial charge in [0.25, 0.3) is 0 Å². The molecule has 3 aromatic carbocycles. The molecule has 67 heavy (non-hydrogen) atoms. The Morgan fingerprint density at radius 2 is 1.66 bits per heavy atom. The number of sulfonamides is 1. The fourth-order valence-electron chi connectivity index (χ4n) is 11.2. The van der Waals surface area contributed by atoms with Crippen molar-refractivity contribution in [3.8, 4) is 29.1 Å². The van der Waals surface area contributed by atoms with Crippen molar-refractivity contribution >= 4 is 44.7 Å². The number of amides is 2. The molecule has 2 amide bonds. The van der Waals surface area contributed by atoms with Crippen molar-refractivity contribution in [2.75, 3.05) is 51.1 Å². The molecule has 358 valence electrons. The van der Waals surface area contributed by atoms with Gasteiger partial charge >= 0.3 is 0 Å². The molecule has 0 aromatic heterocycles. The number of nitrogens with one attached hydrogen (secondary N) is 5. The number of likely N-dealkylation sites (tertiary alicyclic amines) is 1. The number of anilines is 1. The van der Waals surface area contributed by atoms with E-state index in [0.717, 1.165) is 49.9 Å². The van der Waals surface area contributed by atoms with E-state index in [1.807, 2.05) is 36.5 Å². The lowest BCUT2D eigenvalue weighted by Crippen LogP contribution is -2.75. The molecule has 6 aliphatic rings. The molecule has 3 aromatic rings. The molecule has 0 spiro atoms. The molecule has 2 unspecified atom stereocenters. The van der Waals surface area contributed by atoms with Gasteiger partial charge in [0.05, 0.1) is 34.4 Å². The number of likely N-dealkylation sites (N-methyl/N-ethyl adjacent to an activating group) is 1. The third kappa shape index (κ3) is 9.87. The van der Waals surface area contributed by atoms with Crippen molar-refractivity contribution in [1.82, 2.24) is 31.1 Å². The number of fused-ring (bicyclic) bond motifs is 1. The maximum absolute atomic E-state index is 13.6. The highest BCUT2D eigenvalue weighted by Gasteiger charge is 2.64. The molecule has 5 fully saturated rings. The average molecular weight is 956 g/mol. The van der Waals surface area contributed by atoms with Gasteiger partial charge in [-0.1, -0.05) is 45.4 Å². The van der Waals surface area contributed by atoms with Crippen molar-refractivity contribution < 1.29 is 32.2 Å². The summed E-state index contributed by atoms with van der Waals surface area (Å²) in [5.74, 6) is 2.75. The monoisotopic (exact) mass is 954 g/mol. The third-order valence-electron chi connectivity index (χ3n) is 14.9. The van der Waals surface area contributed by atoms with Gasteiger partial charge < -0.3 is 29.7 Å². The zero-order chi connectivity index (χ0) is 47.3. The van der Waals surface area contributed by atoms with Gasteiger partial charge in [-0.25, -0.2) is 8.42 Å². The predicted molar refractivity (Wildman–Crippen MR) is 257 cm³/mol. The van der Waals surface area contributed by atoms with Crippen LogP contribution in [0.15, 0.2) is 66.9 Å². The zero-order valence-electron chi connectivity index (χ0n) is 38.9. The van der Waals surface area contributed by atoms with Gasteiger partial charge in [-0.15, -0.1) is 0 Å². The van der Waals surface area contributed by atoms with Crippen molar-refractivity contribution in [2.45, 2.75) is 95.9 Å². The molecule has 2 atom stereocenters. The van der Waals surface area contributed by atoms with Crippen LogP contribution in [0.2, 0.25) is 5.02 Å². The number of carbonyl (C=O) groups excluding carboxylic acids is 2. The normalized spacial score (nSPS) is 27.2. The van der Waals surface area contributed by atoms with Crippen LogP contribution in [-0.2, 0) is 19.6 Å². The van der Waals surface area contributed by atoms with E-state index in [9.17, 15) is 23.3 Å². The first-order chi connectivity index (χ1) is 32.0. The van der Waals surface area contributed by atoms with Crippen molar-refractivity contribution in [1.29, 1.82) is 5.26 Å². The fraction of sp³-hybridized carbons (Fsp3) is 0.540.